The molecule has 0 heterocycles. The van der Waals surface area contributed by atoms with Crippen LogP contribution in [0.15, 0.2) is 0 Å². The number of nitrogens with two attached hydrogens (primary N) is 2. The molecule has 0 spiro atoms. The summed E-state index contributed by atoms with van der Waals surface area (Å²) in [4.78, 5) is 21.8. The Bertz CT molecular complexity index is 190. The Morgan fingerprint density at radius 2 is 1.75 bits per heavy atom. The number of nitrogens with one attached hydrogen (secondary N) is 2. The first-order valence-electron chi connectivity index (χ1n) is 3.44. The normalized spacial score (nSPS) is 10.7. The van der Waals surface area contributed by atoms with Gasteiger partial charge in [-0.2, -0.15) is 0 Å². The summed E-state index contributed by atoms with van der Waals surface area (Å²) in [5.41, 5.74) is 3.08. The summed E-state index contributed by atoms with van der Waals surface area (Å²) in [5, 5.41) is 0. The number of amides is 2. The lowest BCUT2D eigenvalue weighted by Crippen LogP contribution is -2.44. The molecule has 0 bridgehead atoms. The molecule has 0 aliphatic rings. The van der Waals surface area contributed by atoms with Crippen molar-refractivity contribution in [3.63, 3.8) is 0 Å². The highest BCUT2D eigenvalue weighted by atomic mass is 16.2. The van der Waals surface area contributed by atoms with E-state index in [0.717, 1.165) is 0 Å². The van der Waals surface area contributed by atoms with E-state index in [9.17, 15) is 9.59 Å². The second-order valence-corrected chi connectivity index (χ2v) is 3.10. The van der Waals surface area contributed by atoms with Crippen LogP contribution in [0.2, 0.25) is 0 Å². The van der Waals surface area contributed by atoms with Crippen LogP contribution in [-0.4, -0.2) is 11.8 Å². The topological polar surface area (TPSA) is 110 Å². The van der Waals surface area contributed by atoms with Crippen LogP contribution in [0.1, 0.15) is 20.3 Å². The van der Waals surface area contributed by atoms with E-state index in [-0.39, 0.29) is 6.42 Å². The molecule has 12 heavy (non-hydrogen) atoms. The molecule has 0 fully saturated rings. The molecule has 0 radical (unpaired) electrons. The Morgan fingerprint density at radius 1 is 1.25 bits per heavy atom. The Labute approximate surface area is 70.6 Å². The number of carbonyl (C=O) groups excluding carboxylic acids is 2. The van der Waals surface area contributed by atoms with Gasteiger partial charge in [0, 0.05) is 6.42 Å². The largest absolute Gasteiger partial charge is 0.294 e. The van der Waals surface area contributed by atoms with Crippen molar-refractivity contribution >= 4 is 11.8 Å². The molecule has 0 atom stereocenters. The van der Waals surface area contributed by atoms with E-state index in [0.29, 0.717) is 0 Å². The van der Waals surface area contributed by atoms with Gasteiger partial charge in [0.2, 0.25) is 11.8 Å². The number of carbonyl (C=O) groups is 2. The molecule has 70 valence electrons. The maximum absolute atomic E-state index is 11.0. The summed E-state index contributed by atoms with van der Waals surface area (Å²) in [6.45, 7) is 3.20. The summed E-state index contributed by atoms with van der Waals surface area (Å²) in [6, 6.07) is 0. The summed E-state index contributed by atoms with van der Waals surface area (Å²) >= 11 is 0. The van der Waals surface area contributed by atoms with Gasteiger partial charge in [-0.1, -0.05) is 13.8 Å². The molecule has 6 heteroatoms. The summed E-state index contributed by atoms with van der Waals surface area (Å²) in [5.74, 6) is 8.97. The third kappa shape index (κ3) is 2.85. The zero-order valence-electron chi connectivity index (χ0n) is 7.18. The smallest absolute Gasteiger partial charge is 0.240 e. The maximum Gasteiger partial charge on any atom is 0.240 e. The fourth-order valence-electron chi connectivity index (χ4n) is 0.728. The van der Waals surface area contributed by atoms with Crippen LogP contribution in [0, 0.1) is 5.41 Å². The van der Waals surface area contributed by atoms with E-state index in [1.165, 1.54) is 0 Å². The minimum Gasteiger partial charge on any atom is -0.294 e. The van der Waals surface area contributed by atoms with E-state index in [4.69, 9.17) is 11.7 Å². The van der Waals surface area contributed by atoms with Crippen molar-refractivity contribution in [3.05, 3.63) is 0 Å². The van der Waals surface area contributed by atoms with Gasteiger partial charge in [-0.25, -0.2) is 11.7 Å². The van der Waals surface area contributed by atoms with Gasteiger partial charge < -0.3 is 0 Å². The summed E-state index contributed by atoms with van der Waals surface area (Å²) in [6.07, 6.45) is 0.00648. The fourth-order valence-corrected chi connectivity index (χ4v) is 0.728. The quantitative estimate of drug-likeness (QED) is 0.234. The third-order valence-electron chi connectivity index (χ3n) is 1.51. The van der Waals surface area contributed by atoms with Crippen molar-refractivity contribution in [1.82, 2.24) is 10.9 Å². The second-order valence-electron chi connectivity index (χ2n) is 3.10. The SMILES string of the molecule is CC(C)(CC(=O)NN)C(=O)NN. The summed E-state index contributed by atoms with van der Waals surface area (Å²) < 4.78 is 0. The molecule has 0 unspecified atom stereocenters. The summed E-state index contributed by atoms with van der Waals surface area (Å²) in [7, 11) is 0. The lowest BCUT2D eigenvalue weighted by atomic mass is 9.88. The Hall–Kier alpha value is -1.14. The van der Waals surface area contributed by atoms with Crippen LogP contribution >= 0.6 is 0 Å². The minimum absolute atomic E-state index is 0.00648. The zero-order valence-corrected chi connectivity index (χ0v) is 7.18. The first-order chi connectivity index (χ1) is 5.44. The van der Waals surface area contributed by atoms with Gasteiger partial charge in [0.1, 0.15) is 0 Å². The molecule has 0 aromatic heterocycles. The van der Waals surface area contributed by atoms with E-state index >= 15 is 0 Å². The van der Waals surface area contributed by atoms with Crippen molar-refractivity contribution in [3.8, 4) is 0 Å². The predicted octanol–water partition coefficient (Wildman–Crippen LogP) is -1.62. The molecule has 2 amide bonds. The molecule has 0 rings (SSSR count). The second kappa shape index (κ2) is 4.03. The molecule has 6 nitrogen and oxygen atoms in total. The molecule has 0 saturated heterocycles. The molecule has 0 saturated carbocycles. The van der Waals surface area contributed by atoms with E-state index in [2.05, 4.69) is 0 Å². The number of hydrogen-bond acceptors (Lipinski definition) is 4. The monoisotopic (exact) mass is 174 g/mol. The van der Waals surface area contributed by atoms with Gasteiger partial charge in [0.15, 0.2) is 0 Å². The van der Waals surface area contributed by atoms with Crippen LogP contribution in [-0.2, 0) is 9.59 Å². The molecule has 0 aliphatic heterocycles. The third-order valence-corrected chi connectivity index (χ3v) is 1.51. The Balaban J connectivity index is 4.21. The number of hydrazine groups is 2. The average Bonchev–Trinajstić information content (AvgIpc) is 2.02. The van der Waals surface area contributed by atoms with Crippen molar-refractivity contribution in [1.29, 1.82) is 0 Å². The van der Waals surface area contributed by atoms with E-state index in [1.807, 2.05) is 10.9 Å². The van der Waals surface area contributed by atoms with Crippen molar-refractivity contribution in [2.24, 2.45) is 17.1 Å². The van der Waals surface area contributed by atoms with Crippen molar-refractivity contribution in [2.75, 3.05) is 0 Å². The van der Waals surface area contributed by atoms with Crippen LogP contribution < -0.4 is 22.5 Å². The Morgan fingerprint density at radius 3 is 2.08 bits per heavy atom. The lowest BCUT2D eigenvalue weighted by Gasteiger charge is -2.20. The molecular weight excluding hydrogens is 160 g/mol. The van der Waals surface area contributed by atoms with Gasteiger partial charge in [-0.3, -0.25) is 20.4 Å². The highest BCUT2D eigenvalue weighted by Crippen LogP contribution is 2.19. The van der Waals surface area contributed by atoms with Crippen LogP contribution in [0.3, 0.4) is 0 Å². The van der Waals surface area contributed by atoms with Gasteiger partial charge in [0.05, 0.1) is 5.41 Å². The zero-order chi connectivity index (χ0) is 9.78. The molecule has 0 aliphatic carbocycles. The van der Waals surface area contributed by atoms with Gasteiger partial charge in [-0.15, -0.1) is 0 Å². The predicted molar refractivity (Wildman–Crippen MR) is 43.1 cm³/mol. The Kier molecular flexibility index (Phi) is 3.65. The lowest BCUT2D eigenvalue weighted by molar-refractivity contribution is -0.134. The van der Waals surface area contributed by atoms with Crippen molar-refractivity contribution in [2.45, 2.75) is 20.3 Å². The first-order valence-corrected chi connectivity index (χ1v) is 3.44. The van der Waals surface area contributed by atoms with Gasteiger partial charge in [-0.05, 0) is 0 Å². The van der Waals surface area contributed by atoms with E-state index < -0.39 is 17.2 Å². The van der Waals surface area contributed by atoms with Crippen LogP contribution in [0.5, 0.6) is 0 Å². The first kappa shape index (κ1) is 10.9. The number of rotatable bonds is 3. The fraction of sp³-hybridized carbons (Fsp3) is 0.667. The molecular formula is C6H14N4O2. The number of hydrogen-bond donors (Lipinski definition) is 4. The molecule has 0 aromatic rings. The van der Waals surface area contributed by atoms with Crippen LogP contribution in [0.25, 0.3) is 0 Å². The minimum atomic E-state index is -0.835. The van der Waals surface area contributed by atoms with Crippen molar-refractivity contribution < 1.29 is 9.59 Å². The van der Waals surface area contributed by atoms with Gasteiger partial charge >= 0.3 is 0 Å². The maximum atomic E-state index is 11.0. The van der Waals surface area contributed by atoms with Gasteiger partial charge in [0.25, 0.3) is 0 Å². The average molecular weight is 174 g/mol. The highest BCUT2D eigenvalue weighted by Gasteiger charge is 2.29. The molecule has 6 N–H and O–H groups in total. The van der Waals surface area contributed by atoms with Crippen LogP contribution in [0.4, 0.5) is 0 Å². The molecule has 0 aromatic carbocycles. The van der Waals surface area contributed by atoms with E-state index in [1.54, 1.807) is 13.8 Å². The highest BCUT2D eigenvalue weighted by molar-refractivity contribution is 5.87. The standard InChI is InChI=1S/C6H14N4O2/c1-6(2,5(12)10-8)3-4(11)9-7/h3,7-8H2,1-2H3,(H,9,11)(H,10,12).